The molecule has 0 saturated carbocycles. The summed E-state index contributed by atoms with van der Waals surface area (Å²) in [5.74, 6) is -0.266. The Morgan fingerprint density at radius 1 is 1.08 bits per heavy atom. The molecule has 200 valence electrons. The van der Waals surface area contributed by atoms with Crippen LogP contribution in [0, 0.1) is 13.8 Å². The Hall–Kier alpha value is -4.01. The molecule has 2 amide bonds. The zero-order valence-corrected chi connectivity index (χ0v) is 23.5. The zero-order chi connectivity index (χ0) is 27.5. The second-order valence-electron chi connectivity index (χ2n) is 9.61. The van der Waals surface area contributed by atoms with Crippen LogP contribution in [0.25, 0.3) is 32.7 Å². The lowest BCUT2D eigenvalue weighted by Gasteiger charge is -2.18. The predicted octanol–water partition coefficient (Wildman–Crippen LogP) is 5.99. The number of nitrogens with one attached hydrogen (secondary N) is 3. The van der Waals surface area contributed by atoms with Gasteiger partial charge in [-0.3, -0.25) is 9.59 Å². The Labute approximate surface area is 233 Å². The van der Waals surface area contributed by atoms with Crippen molar-refractivity contribution in [2.45, 2.75) is 27.7 Å². The van der Waals surface area contributed by atoms with Gasteiger partial charge in [0.1, 0.15) is 5.01 Å². The molecule has 0 fully saturated rings. The Kier molecular flexibility index (Phi) is 7.77. The highest BCUT2D eigenvalue weighted by Crippen LogP contribution is 2.39. The van der Waals surface area contributed by atoms with E-state index in [-0.39, 0.29) is 11.8 Å². The number of thiazole rings is 1. The van der Waals surface area contributed by atoms with E-state index in [1.807, 2.05) is 62.5 Å². The van der Waals surface area contributed by atoms with Crippen molar-refractivity contribution in [1.29, 1.82) is 0 Å². The van der Waals surface area contributed by atoms with E-state index in [1.165, 1.54) is 0 Å². The van der Waals surface area contributed by atoms with Gasteiger partial charge >= 0.3 is 0 Å². The molecule has 0 atom stereocenters. The van der Waals surface area contributed by atoms with Crippen molar-refractivity contribution in [2.24, 2.45) is 0 Å². The van der Waals surface area contributed by atoms with Crippen molar-refractivity contribution in [3.63, 3.8) is 0 Å². The molecule has 0 bridgehead atoms. The van der Waals surface area contributed by atoms with Crippen LogP contribution in [0.15, 0.2) is 54.7 Å². The summed E-state index contributed by atoms with van der Waals surface area (Å²) in [5, 5.41) is 6.91. The number of fused-ring (bicyclic) bond motifs is 1. The van der Waals surface area contributed by atoms with Gasteiger partial charge in [-0.15, -0.1) is 11.3 Å². The van der Waals surface area contributed by atoms with Crippen LogP contribution in [0.1, 0.15) is 46.7 Å². The van der Waals surface area contributed by atoms with Gasteiger partial charge in [-0.2, -0.15) is 0 Å². The first-order valence-corrected chi connectivity index (χ1v) is 14.1. The summed E-state index contributed by atoms with van der Waals surface area (Å²) in [6.07, 6.45) is 3.74. The van der Waals surface area contributed by atoms with Crippen LogP contribution in [-0.2, 0) is 4.79 Å². The van der Waals surface area contributed by atoms with Crippen LogP contribution >= 0.6 is 11.3 Å². The number of hydrogen-bond donors (Lipinski definition) is 3. The maximum atomic E-state index is 13.0. The van der Waals surface area contributed by atoms with Crippen LogP contribution in [0.2, 0.25) is 0 Å². The molecule has 2 aromatic heterocycles. The van der Waals surface area contributed by atoms with Crippen LogP contribution < -0.4 is 10.6 Å². The number of hydrogen-bond acceptors (Lipinski definition) is 5. The van der Waals surface area contributed by atoms with E-state index in [9.17, 15) is 9.59 Å². The summed E-state index contributed by atoms with van der Waals surface area (Å²) in [6.45, 7) is 11.3. The molecule has 39 heavy (non-hydrogen) atoms. The lowest BCUT2D eigenvalue weighted by Crippen LogP contribution is -2.35. The molecule has 0 aliphatic carbocycles. The highest BCUT2D eigenvalue weighted by Gasteiger charge is 2.26. The van der Waals surface area contributed by atoms with Crippen molar-refractivity contribution >= 4 is 40.5 Å². The molecule has 0 spiro atoms. The first kappa shape index (κ1) is 26.6. The van der Waals surface area contributed by atoms with Gasteiger partial charge < -0.3 is 20.5 Å². The minimum atomic E-state index is -0.164. The van der Waals surface area contributed by atoms with Crippen LogP contribution in [-0.4, -0.2) is 52.9 Å². The number of benzene rings is 2. The fourth-order valence-corrected chi connectivity index (χ4v) is 5.88. The van der Waals surface area contributed by atoms with Gasteiger partial charge in [0.05, 0.1) is 16.0 Å². The third-order valence-electron chi connectivity index (χ3n) is 7.21. The van der Waals surface area contributed by atoms with Crippen molar-refractivity contribution in [1.82, 2.24) is 20.2 Å². The molecule has 8 heteroatoms. The van der Waals surface area contributed by atoms with Gasteiger partial charge in [0.25, 0.3) is 11.8 Å². The van der Waals surface area contributed by atoms with Crippen molar-refractivity contribution in [3.05, 3.63) is 82.8 Å². The molecule has 5 rings (SSSR count). The smallest absolute Gasteiger partial charge is 0.256 e. The number of aryl methyl sites for hydroxylation is 1. The minimum Gasteiger partial charge on any atom is -0.358 e. The summed E-state index contributed by atoms with van der Waals surface area (Å²) in [6, 6.07) is 16.1. The second kappa shape index (κ2) is 11.4. The topological polar surface area (TPSA) is 90.1 Å². The van der Waals surface area contributed by atoms with Crippen molar-refractivity contribution in [2.75, 3.05) is 31.5 Å². The molecule has 3 heterocycles. The number of carbonyl (C=O) groups excluding carboxylic acids is 2. The van der Waals surface area contributed by atoms with Crippen molar-refractivity contribution < 1.29 is 9.59 Å². The quantitative estimate of drug-likeness (QED) is 0.228. The fourth-order valence-electron chi connectivity index (χ4n) is 4.97. The molecular weight excluding hydrogens is 506 g/mol. The summed E-state index contributed by atoms with van der Waals surface area (Å²) in [4.78, 5) is 37.3. The van der Waals surface area contributed by atoms with E-state index in [0.29, 0.717) is 17.7 Å². The van der Waals surface area contributed by atoms with Gasteiger partial charge in [-0.25, -0.2) is 4.98 Å². The maximum absolute atomic E-state index is 13.0. The SMILES string of the molecule is CCN(CC)CCNC(=O)c1c(C)[nH]c(C=C2C(=O)Nc3ccc(-c4ncc(-c5ccccc5)s4)cc32)c1C. The molecule has 7 nitrogen and oxygen atoms in total. The van der Waals surface area contributed by atoms with Crippen molar-refractivity contribution in [3.8, 4) is 21.0 Å². The first-order chi connectivity index (χ1) is 18.9. The second-order valence-corrected chi connectivity index (χ2v) is 10.6. The van der Waals surface area contributed by atoms with Gasteiger partial charge in [-0.05, 0) is 62.3 Å². The molecular formula is C31H33N5O2S. The zero-order valence-electron chi connectivity index (χ0n) is 22.7. The molecule has 0 unspecified atom stereocenters. The number of rotatable bonds is 9. The van der Waals surface area contributed by atoms with E-state index in [0.717, 1.165) is 68.8 Å². The summed E-state index contributed by atoms with van der Waals surface area (Å²) >= 11 is 1.62. The Morgan fingerprint density at radius 3 is 2.59 bits per heavy atom. The van der Waals surface area contributed by atoms with Gasteiger partial charge in [0, 0.05) is 47.5 Å². The monoisotopic (exact) mass is 539 g/mol. The number of amides is 2. The Balaban J connectivity index is 1.41. The lowest BCUT2D eigenvalue weighted by molar-refractivity contribution is -0.110. The third kappa shape index (κ3) is 5.44. The van der Waals surface area contributed by atoms with E-state index in [1.54, 1.807) is 11.3 Å². The first-order valence-electron chi connectivity index (χ1n) is 13.3. The predicted molar refractivity (Wildman–Crippen MR) is 160 cm³/mol. The number of nitrogens with zero attached hydrogens (tertiary/aromatic N) is 2. The number of aromatic amines is 1. The third-order valence-corrected chi connectivity index (χ3v) is 8.31. The minimum absolute atomic E-state index is 0.102. The summed E-state index contributed by atoms with van der Waals surface area (Å²) < 4.78 is 0. The largest absolute Gasteiger partial charge is 0.358 e. The molecule has 4 aromatic rings. The number of carbonyl (C=O) groups is 2. The van der Waals surface area contributed by atoms with E-state index in [2.05, 4.69) is 51.5 Å². The summed E-state index contributed by atoms with van der Waals surface area (Å²) in [7, 11) is 0. The van der Waals surface area contributed by atoms with Crippen LogP contribution in [0.3, 0.4) is 0 Å². The number of H-pyrrole nitrogens is 1. The number of anilines is 1. The van der Waals surface area contributed by atoms with Crippen LogP contribution in [0.5, 0.6) is 0 Å². The molecule has 0 radical (unpaired) electrons. The molecule has 0 saturated heterocycles. The molecule has 3 N–H and O–H groups in total. The standard InChI is InChI=1S/C31H33N5O2S/c1-5-36(6-2)15-14-32-30(38)28-19(3)26(34-20(28)4)17-24-23-16-22(12-13-25(23)35-29(24)37)31-33-18-27(39-31)21-10-8-7-9-11-21/h7-13,16-18,34H,5-6,14-15H2,1-4H3,(H,32,38)(H,35,37). The van der Waals surface area contributed by atoms with E-state index >= 15 is 0 Å². The maximum Gasteiger partial charge on any atom is 0.256 e. The molecule has 1 aliphatic heterocycles. The Morgan fingerprint density at radius 2 is 1.85 bits per heavy atom. The normalized spacial score (nSPS) is 13.7. The fraction of sp³-hybridized carbons (Fsp3) is 0.258. The number of likely N-dealkylation sites (N-methyl/N-ethyl adjacent to an activating group) is 1. The van der Waals surface area contributed by atoms with Gasteiger partial charge in [0.2, 0.25) is 0 Å². The lowest BCUT2D eigenvalue weighted by atomic mass is 10.0. The van der Waals surface area contributed by atoms with E-state index < -0.39 is 0 Å². The van der Waals surface area contributed by atoms with Crippen LogP contribution in [0.4, 0.5) is 5.69 Å². The summed E-state index contributed by atoms with van der Waals surface area (Å²) in [5.41, 5.74) is 7.23. The molecule has 1 aliphatic rings. The van der Waals surface area contributed by atoms with Gasteiger partial charge in [0.15, 0.2) is 0 Å². The number of aromatic nitrogens is 2. The average Bonchev–Trinajstić information content (AvgIpc) is 3.63. The van der Waals surface area contributed by atoms with Gasteiger partial charge in [-0.1, -0.05) is 44.2 Å². The highest BCUT2D eigenvalue weighted by molar-refractivity contribution is 7.18. The Bertz CT molecular complexity index is 1550. The molecule has 2 aromatic carbocycles. The highest BCUT2D eigenvalue weighted by atomic mass is 32.1. The van der Waals surface area contributed by atoms with E-state index in [4.69, 9.17) is 0 Å². The average molecular weight is 540 g/mol.